The minimum absolute atomic E-state index is 0.283. The van der Waals surface area contributed by atoms with Gasteiger partial charge in [0.2, 0.25) is 5.75 Å². The summed E-state index contributed by atoms with van der Waals surface area (Å²) < 4.78 is 15.6. The van der Waals surface area contributed by atoms with Crippen molar-refractivity contribution in [2.45, 2.75) is 6.10 Å². The molecule has 0 heterocycles. The molecule has 0 radical (unpaired) electrons. The first-order valence-corrected chi connectivity index (χ1v) is 6.69. The van der Waals surface area contributed by atoms with E-state index in [-0.39, 0.29) is 5.56 Å². The Kier molecular flexibility index (Phi) is 5.01. The van der Waals surface area contributed by atoms with Gasteiger partial charge in [0.25, 0.3) is 0 Å². The maximum absolute atomic E-state index is 12.5. The zero-order chi connectivity index (χ0) is 16.1. The van der Waals surface area contributed by atoms with Crippen LogP contribution in [0.5, 0.6) is 17.2 Å². The molecule has 0 spiro atoms. The smallest absolute Gasteiger partial charge is 0.203 e. The Bertz CT molecular complexity index is 626. The molecule has 1 atom stereocenters. The number of rotatable bonds is 6. The van der Waals surface area contributed by atoms with Crippen LogP contribution >= 0.6 is 0 Å². The average Bonchev–Trinajstić information content (AvgIpc) is 2.59. The highest BCUT2D eigenvalue weighted by Gasteiger charge is 2.23. The van der Waals surface area contributed by atoms with Gasteiger partial charge in [0.1, 0.15) is 6.10 Å². The number of carbonyl (C=O) groups is 1. The van der Waals surface area contributed by atoms with Crippen LogP contribution in [0.15, 0.2) is 42.5 Å². The molecule has 1 unspecified atom stereocenters. The summed E-state index contributed by atoms with van der Waals surface area (Å²) in [5.74, 6) is 0.692. The van der Waals surface area contributed by atoms with Crippen molar-refractivity contribution in [3.63, 3.8) is 0 Å². The third kappa shape index (κ3) is 3.04. The number of hydrogen-bond acceptors (Lipinski definition) is 5. The standard InChI is InChI=1S/C17H18O5/c1-20-13-9-12(10-14(21-2)17(13)22-3)16(19)15(18)11-7-5-4-6-8-11/h4-10,15,18H,1-3H3. The van der Waals surface area contributed by atoms with E-state index in [2.05, 4.69) is 0 Å². The van der Waals surface area contributed by atoms with Crippen LogP contribution in [-0.2, 0) is 0 Å². The number of methoxy groups -OCH3 is 3. The van der Waals surface area contributed by atoms with Gasteiger partial charge in [-0.3, -0.25) is 4.79 Å². The van der Waals surface area contributed by atoms with E-state index in [0.717, 1.165) is 0 Å². The van der Waals surface area contributed by atoms with E-state index in [1.807, 2.05) is 6.07 Å². The fraction of sp³-hybridized carbons (Fsp3) is 0.235. The van der Waals surface area contributed by atoms with Crippen LogP contribution < -0.4 is 14.2 Å². The summed E-state index contributed by atoms with van der Waals surface area (Å²) in [6, 6.07) is 11.8. The first-order chi connectivity index (χ1) is 10.6. The van der Waals surface area contributed by atoms with E-state index in [1.165, 1.54) is 33.5 Å². The largest absolute Gasteiger partial charge is 0.493 e. The molecule has 0 saturated carbocycles. The number of ether oxygens (including phenoxy) is 3. The van der Waals surface area contributed by atoms with Gasteiger partial charge in [-0.25, -0.2) is 0 Å². The Morgan fingerprint density at radius 1 is 0.955 bits per heavy atom. The predicted octanol–water partition coefficient (Wildman–Crippen LogP) is 2.63. The van der Waals surface area contributed by atoms with E-state index in [1.54, 1.807) is 24.3 Å². The van der Waals surface area contributed by atoms with Crippen molar-refractivity contribution < 1.29 is 24.1 Å². The van der Waals surface area contributed by atoms with Crippen LogP contribution in [0.2, 0.25) is 0 Å². The molecular weight excluding hydrogens is 284 g/mol. The van der Waals surface area contributed by atoms with E-state index in [4.69, 9.17) is 14.2 Å². The van der Waals surface area contributed by atoms with E-state index >= 15 is 0 Å². The second-order valence-corrected chi connectivity index (χ2v) is 4.59. The van der Waals surface area contributed by atoms with E-state index < -0.39 is 11.9 Å². The number of hydrogen-bond donors (Lipinski definition) is 1. The Morgan fingerprint density at radius 3 is 1.95 bits per heavy atom. The third-order valence-electron chi connectivity index (χ3n) is 3.31. The zero-order valence-corrected chi connectivity index (χ0v) is 12.7. The SMILES string of the molecule is COc1cc(C(=O)C(O)c2ccccc2)cc(OC)c1OC. The maximum atomic E-state index is 12.5. The Morgan fingerprint density at radius 2 is 1.50 bits per heavy atom. The summed E-state index contributed by atoms with van der Waals surface area (Å²) in [6.07, 6.45) is -1.25. The van der Waals surface area contributed by atoms with Crippen molar-refractivity contribution in [1.29, 1.82) is 0 Å². The number of aliphatic hydroxyl groups is 1. The molecule has 0 saturated heterocycles. The monoisotopic (exact) mass is 302 g/mol. The minimum Gasteiger partial charge on any atom is -0.493 e. The van der Waals surface area contributed by atoms with Crippen molar-refractivity contribution in [3.8, 4) is 17.2 Å². The van der Waals surface area contributed by atoms with Crippen molar-refractivity contribution in [2.75, 3.05) is 21.3 Å². The molecule has 2 aromatic rings. The molecule has 5 nitrogen and oxygen atoms in total. The molecule has 0 aliphatic heterocycles. The maximum Gasteiger partial charge on any atom is 0.203 e. The molecular formula is C17H18O5. The Balaban J connectivity index is 2.41. The molecule has 0 aliphatic carbocycles. The molecule has 0 aromatic heterocycles. The minimum atomic E-state index is -1.25. The molecule has 2 rings (SSSR count). The first kappa shape index (κ1) is 15.9. The Labute approximate surface area is 129 Å². The van der Waals surface area contributed by atoms with Gasteiger partial charge in [0.05, 0.1) is 21.3 Å². The summed E-state index contributed by atoms with van der Waals surface area (Å²) >= 11 is 0. The number of ketones is 1. The van der Waals surface area contributed by atoms with Crippen molar-refractivity contribution >= 4 is 5.78 Å². The van der Waals surface area contributed by atoms with Crippen molar-refractivity contribution in [1.82, 2.24) is 0 Å². The first-order valence-electron chi connectivity index (χ1n) is 6.69. The van der Waals surface area contributed by atoms with Crippen LogP contribution in [-0.4, -0.2) is 32.2 Å². The van der Waals surface area contributed by atoms with Gasteiger partial charge in [-0.2, -0.15) is 0 Å². The number of benzene rings is 2. The normalized spacial score (nSPS) is 11.6. The quantitative estimate of drug-likeness (QED) is 0.831. The van der Waals surface area contributed by atoms with Gasteiger partial charge in [0.15, 0.2) is 17.3 Å². The summed E-state index contributed by atoms with van der Waals surface area (Å²) in [5.41, 5.74) is 0.812. The topological polar surface area (TPSA) is 65.0 Å². The van der Waals surface area contributed by atoms with Gasteiger partial charge in [-0.05, 0) is 17.7 Å². The van der Waals surface area contributed by atoms with Crippen LogP contribution in [0.25, 0.3) is 0 Å². The average molecular weight is 302 g/mol. The molecule has 1 N–H and O–H groups in total. The van der Waals surface area contributed by atoms with Gasteiger partial charge in [-0.15, -0.1) is 0 Å². The summed E-state index contributed by atoms with van der Waals surface area (Å²) in [5, 5.41) is 10.2. The Hall–Kier alpha value is -2.53. The molecule has 22 heavy (non-hydrogen) atoms. The lowest BCUT2D eigenvalue weighted by atomic mass is 9.99. The number of aliphatic hydroxyl groups excluding tert-OH is 1. The molecule has 2 aromatic carbocycles. The second-order valence-electron chi connectivity index (χ2n) is 4.59. The van der Waals surface area contributed by atoms with Gasteiger partial charge in [-0.1, -0.05) is 30.3 Å². The highest BCUT2D eigenvalue weighted by atomic mass is 16.5. The highest BCUT2D eigenvalue weighted by molar-refractivity contribution is 6.01. The molecule has 5 heteroatoms. The third-order valence-corrected chi connectivity index (χ3v) is 3.31. The fourth-order valence-electron chi connectivity index (χ4n) is 2.17. The molecule has 0 aliphatic rings. The highest BCUT2D eigenvalue weighted by Crippen LogP contribution is 2.39. The lowest BCUT2D eigenvalue weighted by molar-refractivity contribution is 0.0746. The van der Waals surface area contributed by atoms with Crippen molar-refractivity contribution in [2.24, 2.45) is 0 Å². The van der Waals surface area contributed by atoms with Gasteiger partial charge >= 0.3 is 0 Å². The van der Waals surface area contributed by atoms with Gasteiger partial charge < -0.3 is 19.3 Å². The molecule has 116 valence electrons. The summed E-state index contributed by atoms with van der Waals surface area (Å²) in [7, 11) is 4.43. The van der Waals surface area contributed by atoms with Crippen LogP contribution in [0.4, 0.5) is 0 Å². The zero-order valence-electron chi connectivity index (χ0n) is 12.7. The van der Waals surface area contributed by atoms with E-state index in [9.17, 15) is 9.90 Å². The fourth-order valence-corrected chi connectivity index (χ4v) is 2.17. The van der Waals surface area contributed by atoms with Crippen LogP contribution in [0, 0.1) is 0 Å². The summed E-state index contributed by atoms with van der Waals surface area (Å²) in [4.78, 5) is 12.5. The summed E-state index contributed by atoms with van der Waals surface area (Å²) in [6.45, 7) is 0. The predicted molar refractivity (Wildman–Crippen MR) is 81.8 cm³/mol. The van der Waals surface area contributed by atoms with Gasteiger partial charge in [0, 0.05) is 5.56 Å². The van der Waals surface area contributed by atoms with Crippen LogP contribution in [0.3, 0.4) is 0 Å². The van der Waals surface area contributed by atoms with Crippen LogP contribution in [0.1, 0.15) is 22.0 Å². The molecule has 0 bridgehead atoms. The number of Topliss-reactive ketones (excluding diaryl/α,β-unsaturated/α-hetero) is 1. The molecule has 0 fully saturated rings. The molecule has 0 amide bonds. The lowest BCUT2D eigenvalue weighted by Crippen LogP contribution is -2.13. The van der Waals surface area contributed by atoms with Crippen molar-refractivity contribution in [3.05, 3.63) is 53.6 Å². The number of carbonyl (C=O) groups excluding carboxylic acids is 1. The lowest BCUT2D eigenvalue weighted by Gasteiger charge is -2.15. The second kappa shape index (κ2) is 6.95. The van der Waals surface area contributed by atoms with E-state index in [0.29, 0.717) is 22.8 Å².